The summed E-state index contributed by atoms with van der Waals surface area (Å²) in [4.78, 5) is 64.8. The van der Waals surface area contributed by atoms with Gasteiger partial charge in [-0.1, -0.05) is 5.16 Å². The summed E-state index contributed by atoms with van der Waals surface area (Å²) in [6.45, 7) is 2.97. The van der Waals surface area contributed by atoms with Gasteiger partial charge in [0.2, 0.25) is 17.1 Å². The number of benzene rings is 1. The number of hydrogen-bond donors (Lipinski definition) is 7. The van der Waals surface area contributed by atoms with Crippen LogP contribution in [-0.4, -0.2) is 132 Å². The fourth-order valence-corrected chi connectivity index (χ4v) is 8.64. The second-order valence-electron chi connectivity index (χ2n) is 13.4. The minimum atomic E-state index is -1.79. The first-order valence-corrected chi connectivity index (χ1v) is 18.1. The SMILES string of the molecule is CC(C)(O/N=C(\C(=O)N[C@@H]1C(=O)N2C(c3nnn[nH]3)=C(CN3[C@@H]4CC[C@H]3C[C@@H](NC(=O)c3cc(O)c(O)c(F)c3)C4)CS[C@H]12)c1nsc(N)n1)C(=O)O. The van der Waals surface area contributed by atoms with Crippen molar-refractivity contribution >= 4 is 63.5 Å². The third-order valence-electron chi connectivity index (χ3n) is 9.55. The number of halogens is 1. The molecular weight excluding hydrogens is 740 g/mol. The van der Waals surface area contributed by atoms with Crippen molar-refractivity contribution in [2.75, 3.05) is 18.0 Å². The number of aliphatic carboxylic acids is 1. The van der Waals surface area contributed by atoms with Crippen LogP contribution in [0.1, 0.15) is 61.5 Å². The Labute approximate surface area is 307 Å². The monoisotopic (exact) mass is 772 g/mol. The van der Waals surface area contributed by atoms with Crippen molar-refractivity contribution in [3.8, 4) is 11.5 Å². The van der Waals surface area contributed by atoms with Crippen LogP contribution in [0, 0.1) is 5.82 Å². The molecule has 53 heavy (non-hydrogen) atoms. The number of tetrazole rings is 1. The molecular formula is C30H33FN12O8S2. The van der Waals surface area contributed by atoms with Gasteiger partial charge in [-0.15, -0.1) is 16.9 Å². The highest BCUT2D eigenvalue weighted by Crippen LogP contribution is 2.45. The number of nitrogen functional groups attached to an aromatic ring is 1. The Kier molecular flexibility index (Phi) is 9.40. The number of nitrogens with one attached hydrogen (secondary N) is 3. The van der Waals surface area contributed by atoms with Gasteiger partial charge in [-0.3, -0.25) is 24.2 Å². The summed E-state index contributed by atoms with van der Waals surface area (Å²) < 4.78 is 18.0. The molecule has 5 atom stereocenters. The summed E-state index contributed by atoms with van der Waals surface area (Å²) in [5.41, 5.74) is 4.73. The van der Waals surface area contributed by atoms with Crippen molar-refractivity contribution in [3.63, 3.8) is 0 Å². The van der Waals surface area contributed by atoms with Crippen LogP contribution in [0.5, 0.6) is 11.5 Å². The maximum atomic E-state index is 14.0. The highest BCUT2D eigenvalue weighted by molar-refractivity contribution is 8.00. The zero-order valence-corrected chi connectivity index (χ0v) is 29.6. The molecule has 0 spiro atoms. The number of hydrogen-bond acceptors (Lipinski definition) is 17. The van der Waals surface area contributed by atoms with Gasteiger partial charge in [-0.05, 0) is 67.7 Å². The number of carbonyl (C=O) groups excluding carboxylic acids is 3. The van der Waals surface area contributed by atoms with Crippen molar-refractivity contribution in [1.29, 1.82) is 0 Å². The zero-order valence-electron chi connectivity index (χ0n) is 28.0. The summed E-state index contributed by atoms with van der Waals surface area (Å²) in [6, 6.07) is 0.855. The van der Waals surface area contributed by atoms with Gasteiger partial charge in [-0.25, -0.2) is 14.3 Å². The zero-order chi connectivity index (χ0) is 37.8. The number of nitrogens with zero attached hydrogens (tertiary/aromatic N) is 8. The normalized spacial score (nSPS) is 24.4. The first-order valence-electron chi connectivity index (χ1n) is 16.3. The number of carbonyl (C=O) groups is 4. The van der Waals surface area contributed by atoms with Crippen LogP contribution in [0.25, 0.3) is 5.70 Å². The van der Waals surface area contributed by atoms with E-state index in [1.54, 1.807) is 0 Å². The summed E-state index contributed by atoms with van der Waals surface area (Å²) in [7, 11) is 0. The van der Waals surface area contributed by atoms with Gasteiger partial charge < -0.3 is 36.5 Å². The van der Waals surface area contributed by atoms with Crippen LogP contribution in [0.4, 0.5) is 9.52 Å². The topological polar surface area (TPSA) is 287 Å². The quantitative estimate of drug-likeness (QED) is 0.0584. The number of oxime groups is 1. The predicted molar refractivity (Wildman–Crippen MR) is 184 cm³/mol. The van der Waals surface area contributed by atoms with E-state index < -0.39 is 63.7 Å². The minimum Gasteiger partial charge on any atom is -0.504 e. The molecule has 6 heterocycles. The smallest absolute Gasteiger partial charge is 0.350 e. The number of nitrogens with two attached hydrogens (primary N) is 1. The number of piperidine rings is 1. The van der Waals surface area contributed by atoms with Crippen molar-refractivity contribution in [3.05, 3.63) is 40.7 Å². The second-order valence-corrected chi connectivity index (χ2v) is 15.3. The minimum absolute atomic E-state index is 0.0315. The summed E-state index contributed by atoms with van der Waals surface area (Å²) in [5.74, 6) is -5.41. The maximum Gasteiger partial charge on any atom is 0.350 e. The van der Waals surface area contributed by atoms with Gasteiger partial charge >= 0.3 is 5.97 Å². The van der Waals surface area contributed by atoms with Gasteiger partial charge in [0, 0.05) is 47.5 Å². The fourth-order valence-electron chi connectivity index (χ4n) is 6.87. The fraction of sp³-hybridized carbons (Fsp3) is 0.467. The van der Waals surface area contributed by atoms with Crippen LogP contribution in [-0.2, 0) is 19.2 Å². The molecule has 3 aromatic rings. The Morgan fingerprint density at radius 2 is 1.92 bits per heavy atom. The van der Waals surface area contributed by atoms with Crippen molar-refractivity contribution < 1.29 is 43.7 Å². The molecule has 3 fully saturated rings. The lowest BCUT2D eigenvalue weighted by atomic mass is 9.95. The van der Waals surface area contributed by atoms with Gasteiger partial charge in [0.15, 0.2) is 28.3 Å². The van der Waals surface area contributed by atoms with Gasteiger partial charge in [0.1, 0.15) is 11.4 Å². The number of phenols is 2. The van der Waals surface area contributed by atoms with E-state index in [4.69, 9.17) is 10.6 Å². The second kappa shape index (κ2) is 13.9. The number of carboxylic acid groups (broad SMARTS) is 1. The number of amides is 3. The molecule has 0 radical (unpaired) electrons. The van der Waals surface area contributed by atoms with E-state index in [0.29, 0.717) is 30.8 Å². The first-order chi connectivity index (χ1) is 25.2. The van der Waals surface area contributed by atoms with Crippen molar-refractivity contribution in [1.82, 2.24) is 50.4 Å². The van der Waals surface area contributed by atoms with E-state index in [9.17, 15) is 38.9 Å². The Morgan fingerprint density at radius 1 is 1.19 bits per heavy atom. The highest BCUT2D eigenvalue weighted by Gasteiger charge is 2.54. The van der Waals surface area contributed by atoms with Crippen LogP contribution >= 0.6 is 23.3 Å². The molecule has 280 valence electrons. The molecule has 20 nitrogen and oxygen atoms in total. The van der Waals surface area contributed by atoms with E-state index in [0.717, 1.165) is 42.1 Å². The van der Waals surface area contributed by atoms with E-state index in [1.807, 2.05) is 0 Å². The average molecular weight is 773 g/mol. The van der Waals surface area contributed by atoms with E-state index in [1.165, 1.54) is 30.5 Å². The molecule has 7 rings (SSSR count). The van der Waals surface area contributed by atoms with Crippen LogP contribution < -0.4 is 16.4 Å². The molecule has 3 amide bonds. The lowest BCUT2D eigenvalue weighted by Crippen LogP contribution is -2.70. The van der Waals surface area contributed by atoms with Gasteiger partial charge in [-0.2, -0.15) is 9.36 Å². The number of aromatic hydroxyl groups is 2. The Bertz CT molecular complexity index is 2000. The third-order valence-corrected chi connectivity index (χ3v) is 11.4. The molecule has 0 saturated carbocycles. The predicted octanol–water partition coefficient (Wildman–Crippen LogP) is 0.00420. The molecule has 4 aliphatic heterocycles. The van der Waals surface area contributed by atoms with Gasteiger partial charge in [0.25, 0.3) is 17.7 Å². The van der Waals surface area contributed by atoms with E-state index in [2.05, 4.69) is 50.7 Å². The Hall–Kier alpha value is -5.42. The molecule has 0 aliphatic carbocycles. The lowest BCUT2D eigenvalue weighted by molar-refractivity contribution is -0.161. The number of rotatable bonds is 11. The molecule has 23 heteroatoms. The number of aromatic amines is 1. The average Bonchev–Trinajstić information content (AvgIpc) is 3.85. The number of phenolic OH excluding ortho intramolecular Hbond substituents is 2. The summed E-state index contributed by atoms with van der Waals surface area (Å²) >= 11 is 2.22. The van der Waals surface area contributed by atoms with Crippen LogP contribution in [0.3, 0.4) is 0 Å². The Morgan fingerprint density at radius 3 is 2.55 bits per heavy atom. The third kappa shape index (κ3) is 6.81. The van der Waals surface area contributed by atoms with Crippen LogP contribution in [0.2, 0.25) is 0 Å². The lowest BCUT2D eigenvalue weighted by Gasteiger charge is -2.50. The summed E-state index contributed by atoms with van der Waals surface area (Å²) in [5, 5.41) is 51.8. The molecule has 8 N–H and O–H groups in total. The van der Waals surface area contributed by atoms with Gasteiger partial charge in [0.05, 0.1) is 5.70 Å². The molecule has 2 aromatic heterocycles. The standard InChI is InChI=1S/C30H33FN12O8S2/c1-30(2,28(49)50)51-38-18(22-35-29(32)53-39-22)25(47)34-19-26(48)43-20(23-36-40-41-37-23)12(10-52-27(19)43)9-42-14-3-4-15(42)8-13(7-14)33-24(46)11-5-16(31)21(45)17(44)6-11/h5-6,13-15,19,27,44-45H,3-4,7-10H2,1-2H3,(H,33,46)(H,34,47)(H,49,50)(H2,32,35,39)(H,36,37,40,41)/b38-18-/t13-,14+,15-,19-,27-/m1/s1. The highest BCUT2D eigenvalue weighted by atomic mass is 32.2. The first kappa shape index (κ1) is 36.0. The van der Waals surface area contributed by atoms with Crippen molar-refractivity contribution in [2.45, 2.75) is 74.7 Å². The number of anilines is 1. The van der Waals surface area contributed by atoms with E-state index in [-0.39, 0.29) is 40.5 Å². The number of thioether (sulfide) groups is 1. The van der Waals surface area contributed by atoms with E-state index >= 15 is 0 Å². The van der Waals surface area contributed by atoms with Crippen LogP contribution in [0.15, 0.2) is 22.9 Å². The number of fused-ring (bicyclic) bond motifs is 3. The Balaban J connectivity index is 1.06. The summed E-state index contributed by atoms with van der Waals surface area (Å²) in [6.07, 6.45) is 2.98. The molecule has 4 aliphatic rings. The molecule has 3 saturated heterocycles. The molecule has 1 aromatic carbocycles. The van der Waals surface area contributed by atoms with Crippen molar-refractivity contribution in [2.24, 2.45) is 5.16 Å². The molecule has 0 unspecified atom stereocenters. The number of β-lactam (4-membered cyclic amide) rings is 1. The number of H-pyrrole nitrogens is 1. The number of aromatic nitrogens is 6. The largest absolute Gasteiger partial charge is 0.504 e. The number of carboxylic acids is 1. The molecule has 2 bridgehead atoms. The maximum absolute atomic E-state index is 14.0.